The maximum Gasteiger partial charge on any atom is 0.324 e. The maximum absolute atomic E-state index is 13.3. The lowest BCUT2D eigenvalue weighted by Crippen LogP contribution is -2.72. The summed E-state index contributed by atoms with van der Waals surface area (Å²) in [5.74, 6) is 1.60. The highest BCUT2D eigenvalue weighted by molar-refractivity contribution is 5.92. The van der Waals surface area contributed by atoms with Crippen LogP contribution in [0, 0.1) is 11.3 Å². The predicted octanol–water partition coefficient (Wildman–Crippen LogP) is 4.42. The number of rotatable bonds is 8. The van der Waals surface area contributed by atoms with Crippen LogP contribution >= 0.6 is 0 Å². The summed E-state index contributed by atoms with van der Waals surface area (Å²) in [7, 11) is 1.84. The van der Waals surface area contributed by atoms with Crippen LogP contribution in [0.2, 0.25) is 0 Å². The van der Waals surface area contributed by atoms with Crippen LogP contribution in [0.3, 0.4) is 0 Å². The van der Waals surface area contributed by atoms with E-state index in [1.807, 2.05) is 66.8 Å². The number of anilines is 2. The number of hydrogen-bond acceptors (Lipinski definition) is 8. The topological polar surface area (TPSA) is 102 Å². The molecule has 4 bridgehead atoms. The molecule has 5 saturated heterocycles. The van der Waals surface area contributed by atoms with E-state index in [0.717, 1.165) is 73.8 Å². The van der Waals surface area contributed by atoms with Gasteiger partial charge in [-0.2, -0.15) is 10.4 Å². The van der Waals surface area contributed by atoms with Crippen LogP contribution in [0.5, 0.6) is 5.75 Å². The zero-order valence-electron chi connectivity index (χ0n) is 26.0. The van der Waals surface area contributed by atoms with Crippen LogP contribution in [-0.4, -0.2) is 101 Å². The number of aromatic nitrogens is 3. The van der Waals surface area contributed by atoms with Crippen LogP contribution in [0.1, 0.15) is 31.2 Å². The summed E-state index contributed by atoms with van der Waals surface area (Å²) in [5.41, 5.74) is 3.90. The number of benzene rings is 1. The summed E-state index contributed by atoms with van der Waals surface area (Å²) in [5, 5.41) is 14.3. The molecule has 1 aromatic carbocycles. The minimum Gasteiger partial charge on any atom is -0.492 e. The van der Waals surface area contributed by atoms with E-state index in [1.54, 1.807) is 15.6 Å². The van der Waals surface area contributed by atoms with Crippen molar-refractivity contribution in [1.82, 2.24) is 24.4 Å². The molecule has 0 spiro atoms. The van der Waals surface area contributed by atoms with Crippen molar-refractivity contribution in [2.45, 2.75) is 49.9 Å². The standard InChI is InChI=1S/C35H38N8O3/c1-39(26-6-3-2-4-7-26)35(44)43-29-14-30(43)20-40(19-29)33-11-8-24(17-37-33)32-15-31(21-42-34(32)25(16-36)18-38-42)46-13-5-12-41-27-9-10-28(41)23-45-22-27/h2-4,6-8,11,15,17-18,21,27-30H,5,9-10,12-14,19-20,22-23H2,1H3. The summed E-state index contributed by atoms with van der Waals surface area (Å²) in [4.78, 5) is 26.8. The number of ether oxygens (including phenoxy) is 2. The van der Waals surface area contributed by atoms with Crippen molar-refractivity contribution in [2.75, 3.05) is 56.3 Å². The Morgan fingerprint density at radius 3 is 2.57 bits per heavy atom. The fourth-order valence-electron chi connectivity index (χ4n) is 7.77. The Kier molecular flexibility index (Phi) is 7.47. The fraction of sp³-hybridized carbons (Fsp3) is 0.429. The summed E-state index contributed by atoms with van der Waals surface area (Å²) in [6.07, 6.45) is 9.71. The van der Waals surface area contributed by atoms with E-state index in [-0.39, 0.29) is 18.1 Å². The SMILES string of the molecule is CN(C(=O)N1C2CC1CN(c1ccc(-c3cc(OCCCN4C5CCC4COC5)cn4ncc(C#N)c34)cn1)C2)c1ccccc1. The zero-order valence-corrected chi connectivity index (χ0v) is 26.0. The summed E-state index contributed by atoms with van der Waals surface area (Å²) >= 11 is 0. The molecule has 0 aliphatic carbocycles. The van der Waals surface area contributed by atoms with Crippen LogP contribution in [-0.2, 0) is 4.74 Å². The van der Waals surface area contributed by atoms with E-state index >= 15 is 0 Å². The Bertz CT molecular complexity index is 1740. The third kappa shape index (κ3) is 5.11. The Hall–Kier alpha value is -4.66. The summed E-state index contributed by atoms with van der Waals surface area (Å²) in [6.45, 7) is 4.79. The molecule has 4 atom stereocenters. The third-order valence-corrected chi connectivity index (χ3v) is 10.2. The van der Waals surface area contributed by atoms with Gasteiger partial charge in [0, 0.05) is 61.8 Å². The van der Waals surface area contributed by atoms with Crippen LogP contribution in [0.25, 0.3) is 16.6 Å². The van der Waals surface area contributed by atoms with Gasteiger partial charge in [-0.05, 0) is 56.0 Å². The molecule has 5 aliphatic heterocycles. The van der Waals surface area contributed by atoms with Gasteiger partial charge < -0.3 is 19.3 Å². The molecule has 0 saturated carbocycles. The molecule has 5 aliphatic rings. The van der Waals surface area contributed by atoms with E-state index in [2.05, 4.69) is 27.0 Å². The van der Waals surface area contributed by atoms with Crippen molar-refractivity contribution >= 4 is 23.1 Å². The number of pyridine rings is 2. The maximum atomic E-state index is 13.3. The molecular weight excluding hydrogens is 580 g/mol. The van der Waals surface area contributed by atoms with E-state index in [1.165, 1.54) is 12.8 Å². The number of hydrogen-bond donors (Lipinski definition) is 0. The van der Waals surface area contributed by atoms with Crippen molar-refractivity contribution in [2.24, 2.45) is 0 Å². The van der Waals surface area contributed by atoms with Gasteiger partial charge in [0.15, 0.2) is 0 Å². The molecular formula is C35H38N8O3. The highest BCUT2D eigenvalue weighted by Gasteiger charge is 2.48. The Balaban J connectivity index is 0.949. The zero-order chi connectivity index (χ0) is 31.2. The molecule has 8 heterocycles. The first-order valence-corrected chi connectivity index (χ1v) is 16.3. The smallest absolute Gasteiger partial charge is 0.324 e. The minimum absolute atomic E-state index is 0.0452. The number of nitriles is 1. The molecule has 11 nitrogen and oxygen atoms in total. The molecule has 2 amide bonds. The van der Waals surface area contributed by atoms with Crippen LogP contribution in [0.15, 0.2) is 67.1 Å². The van der Waals surface area contributed by atoms with Crippen molar-refractivity contribution in [1.29, 1.82) is 5.26 Å². The summed E-state index contributed by atoms with van der Waals surface area (Å²) in [6, 6.07) is 19.6. The van der Waals surface area contributed by atoms with Crippen molar-refractivity contribution < 1.29 is 14.3 Å². The predicted molar refractivity (Wildman–Crippen MR) is 174 cm³/mol. The molecule has 0 radical (unpaired) electrons. The van der Waals surface area contributed by atoms with Gasteiger partial charge in [0.1, 0.15) is 17.6 Å². The van der Waals surface area contributed by atoms with Crippen molar-refractivity contribution in [3.63, 3.8) is 0 Å². The molecule has 46 heavy (non-hydrogen) atoms. The van der Waals surface area contributed by atoms with E-state index in [0.29, 0.717) is 30.0 Å². The molecule has 5 fully saturated rings. The van der Waals surface area contributed by atoms with E-state index in [9.17, 15) is 10.1 Å². The molecule has 236 valence electrons. The molecule has 0 N–H and O–H groups in total. The highest BCUT2D eigenvalue weighted by Crippen LogP contribution is 2.37. The number of urea groups is 1. The van der Waals surface area contributed by atoms with Gasteiger partial charge in [-0.3, -0.25) is 9.80 Å². The number of piperazine rings is 1. The second kappa shape index (κ2) is 11.9. The molecule has 4 aromatic rings. The monoisotopic (exact) mass is 618 g/mol. The van der Waals surface area contributed by atoms with Gasteiger partial charge in [-0.25, -0.2) is 14.3 Å². The van der Waals surface area contributed by atoms with Gasteiger partial charge in [-0.1, -0.05) is 18.2 Å². The largest absolute Gasteiger partial charge is 0.492 e. The molecule has 4 unspecified atom stereocenters. The number of amides is 2. The average Bonchev–Trinajstić information content (AvgIpc) is 3.61. The van der Waals surface area contributed by atoms with Gasteiger partial charge in [0.25, 0.3) is 0 Å². The number of fused-ring (bicyclic) bond motifs is 5. The third-order valence-electron chi connectivity index (χ3n) is 10.2. The first-order valence-electron chi connectivity index (χ1n) is 16.3. The number of carbonyl (C=O) groups is 1. The van der Waals surface area contributed by atoms with E-state index < -0.39 is 0 Å². The normalized spacial score (nSPS) is 23.7. The minimum atomic E-state index is 0.0452. The Labute approximate surface area is 268 Å². The quantitative estimate of drug-likeness (QED) is 0.268. The lowest BCUT2D eigenvalue weighted by molar-refractivity contribution is -0.0160. The second-order valence-corrected chi connectivity index (χ2v) is 12.9. The molecule has 3 aromatic heterocycles. The number of morpholine rings is 1. The number of carbonyl (C=O) groups excluding carboxylic acids is 1. The van der Waals surface area contributed by atoms with Crippen LogP contribution in [0.4, 0.5) is 16.3 Å². The molecule has 11 heteroatoms. The highest BCUT2D eigenvalue weighted by atomic mass is 16.5. The van der Waals surface area contributed by atoms with Gasteiger partial charge >= 0.3 is 6.03 Å². The first kappa shape index (κ1) is 28.8. The van der Waals surface area contributed by atoms with Gasteiger partial charge in [0.05, 0.1) is 55.4 Å². The second-order valence-electron chi connectivity index (χ2n) is 12.9. The average molecular weight is 619 g/mol. The van der Waals surface area contributed by atoms with Gasteiger partial charge in [0.2, 0.25) is 0 Å². The molecule has 9 rings (SSSR count). The van der Waals surface area contributed by atoms with E-state index in [4.69, 9.17) is 14.5 Å². The van der Waals surface area contributed by atoms with Crippen molar-refractivity contribution in [3.8, 4) is 22.9 Å². The number of piperidine rings is 1. The van der Waals surface area contributed by atoms with Crippen molar-refractivity contribution in [3.05, 3.63) is 72.7 Å². The van der Waals surface area contributed by atoms with Crippen LogP contribution < -0.4 is 14.5 Å². The van der Waals surface area contributed by atoms with Gasteiger partial charge in [-0.15, -0.1) is 0 Å². The first-order chi connectivity index (χ1) is 22.6. The fourth-order valence-corrected chi connectivity index (χ4v) is 7.77. The summed E-state index contributed by atoms with van der Waals surface area (Å²) < 4.78 is 13.7. The lowest BCUT2D eigenvalue weighted by atomic mass is 9.87. The lowest BCUT2D eigenvalue weighted by Gasteiger charge is -2.57. The Morgan fingerprint density at radius 2 is 1.85 bits per heavy atom. The Morgan fingerprint density at radius 1 is 1.07 bits per heavy atom. The number of nitrogens with zero attached hydrogens (tertiary/aromatic N) is 8. The number of para-hydroxylation sites is 1.